The molecule has 19 heavy (non-hydrogen) atoms. The van der Waals surface area contributed by atoms with E-state index in [4.69, 9.17) is 9.66 Å². The van der Waals surface area contributed by atoms with Gasteiger partial charge in [0.05, 0.1) is 6.42 Å². The Labute approximate surface area is 134 Å². The molecular weight excluding hydrogens is 279 g/mol. The fourth-order valence-electron chi connectivity index (χ4n) is 1.01. The Morgan fingerprint density at radius 3 is 2.05 bits per heavy atom. The predicted molar refractivity (Wildman–Crippen MR) is 75.9 cm³/mol. The molecule has 5 nitrogen and oxygen atoms in total. The van der Waals surface area contributed by atoms with Crippen molar-refractivity contribution in [2.24, 2.45) is 0 Å². The van der Waals surface area contributed by atoms with Crippen LogP contribution in [-0.2, 0) is 14.9 Å². The number of hydrogen-bond donors (Lipinski definition) is 2. The van der Waals surface area contributed by atoms with Gasteiger partial charge in [-0.1, -0.05) is 36.9 Å². The summed E-state index contributed by atoms with van der Waals surface area (Å²) < 4.78 is 30.2. The van der Waals surface area contributed by atoms with Crippen LogP contribution in [0.1, 0.15) is 12.0 Å². The first-order valence-corrected chi connectivity index (χ1v) is 6.28. The molecule has 7 heteroatoms. The van der Waals surface area contributed by atoms with Gasteiger partial charge in [0.1, 0.15) is 4.90 Å². The molecule has 0 aliphatic rings. The zero-order valence-electron chi connectivity index (χ0n) is 9.61. The molecule has 0 bridgehead atoms. The molecule has 1 aromatic rings. The maximum atomic E-state index is 10.7. The molecule has 100 valence electrons. The average Bonchev–Trinajstić information content (AvgIpc) is 2.28. The minimum atomic E-state index is -4.12. The second-order valence-corrected chi connectivity index (χ2v) is 4.49. The molecule has 0 heterocycles. The van der Waals surface area contributed by atoms with Crippen molar-refractivity contribution in [1.82, 2.24) is 0 Å². The predicted octanol–water partition coefficient (Wildman–Crippen LogP) is 1.57. The van der Waals surface area contributed by atoms with Gasteiger partial charge in [0.25, 0.3) is 10.1 Å². The van der Waals surface area contributed by atoms with E-state index in [1.807, 2.05) is 0 Å². The van der Waals surface area contributed by atoms with Crippen molar-refractivity contribution in [2.75, 3.05) is 0 Å². The molecule has 0 spiro atoms. The van der Waals surface area contributed by atoms with Crippen molar-refractivity contribution in [3.05, 3.63) is 49.1 Å². The zero-order valence-corrected chi connectivity index (χ0v) is 10.4. The van der Waals surface area contributed by atoms with Crippen LogP contribution in [-0.4, -0.2) is 53.6 Å². The van der Waals surface area contributed by atoms with Crippen molar-refractivity contribution in [3.8, 4) is 0 Å². The standard InChI is InChI=1S/C8H8O3S.C4H6O2.Na.H/c1-2-7-5-3-4-6-8(7)12(9,10)11;1-2-3-4(5)6;;/h2-6H,1H2,(H,9,10,11);2H,1,3H2,(H,5,6);;. The number of carbonyl (C=O) groups is 1. The number of benzene rings is 1. The third-order valence-corrected chi connectivity index (χ3v) is 2.66. The molecule has 1 rings (SSSR count). The summed E-state index contributed by atoms with van der Waals surface area (Å²) in [6.07, 6.45) is 2.78. The molecule has 0 saturated heterocycles. The number of rotatable bonds is 4. The Morgan fingerprint density at radius 2 is 1.79 bits per heavy atom. The van der Waals surface area contributed by atoms with E-state index in [0.29, 0.717) is 5.56 Å². The average molecular weight is 294 g/mol. The van der Waals surface area contributed by atoms with Crippen molar-refractivity contribution in [3.63, 3.8) is 0 Å². The summed E-state index contributed by atoms with van der Waals surface area (Å²) in [5.41, 5.74) is 0.403. The molecule has 0 aromatic heterocycles. The van der Waals surface area contributed by atoms with Gasteiger partial charge < -0.3 is 5.11 Å². The van der Waals surface area contributed by atoms with Crippen LogP contribution < -0.4 is 0 Å². The Balaban J connectivity index is 0. The Kier molecular flexibility index (Phi) is 10.7. The van der Waals surface area contributed by atoms with Crippen LogP contribution in [0.5, 0.6) is 0 Å². The summed E-state index contributed by atoms with van der Waals surface area (Å²) in [5, 5.41) is 7.84. The summed E-state index contributed by atoms with van der Waals surface area (Å²) in [6, 6.07) is 6.10. The van der Waals surface area contributed by atoms with Crippen molar-refractivity contribution in [1.29, 1.82) is 0 Å². The fourth-order valence-corrected chi connectivity index (χ4v) is 1.71. The normalized spacial score (nSPS) is 9.32. The van der Waals surface area contributed by atoms with E-state index in [1.54, 1.807) is 12.1 Å². The van der Waals surface area contributed by atoms with Crippen LogP contribution >= 0.6 is 0 Å². The Morgan fingerprint density at radius 1 is 1.26 bits per heavy atom. The second kappa shape index (κ2) is 9.94. The summed E-state index contributed by atoms with van der Waals surface area (Å²) >= 11 is 0. The zero-order chi connectivity index (χ0) is 14.2. The van der Waals surface area contributed by atoms with Gasteiger partial charge in [0, 0.05) is 0 Å². The molecule has 0 aliphatic carbocycles. The first-order valence-electron chi connectivity index (χ1n) is 4.84. The number of hydrogen-bond acceptors (Lipinski definition) is 3. The molecule has 0 amide bonds. The third-order valence-electron chi connectivity index (χ3n) is 1.74. The Bertz CT molecular complexity index is 537. The van der Waals surface area contributed by atoms with Gasteiger partial charge in [0.2, 0.25) is 0 Å². The van der Waals surface area contributed by atoms with Crippen LogP contribution in [0, 0.1) is 0 Å². The number of carboxylic acids is 1. The maximum absolute atomic E-state index is 10.7. The van der Waals surface area contributed by atoms with Gasteiger partial charge in [0.15, 0.2) is 0 Å². The molecule has 0 aliphatic heterocycles. The SMILES string of the molecule is C=CCC(=O)O.C=Cc1ccccc1S(=O)(=O)O.[NaH]. The second-order valence-electron chi connectivity index (χ2n) is 3.10. The van der Waals surface area contributed by atoms with Gasteiger partial charge in [-0.25, -0.2) is 0 Å². The summed E-state index contributed by atoms with van der Waals surface area (Å²) in [5.74, 6) is -0.829. The summed E-state index contributed by atoms with van der Waals surface area (Å²) in [7, 11) is -4.12. The van der Waals surface area contributed by atoms with Crippen LogP contribution in [0.4, 0.5) is 0 Å². The van der Waals surface area contributed by atoms with E-state index in [-0.39, 0.29) is 40.9 Å². The topological polar surface area (TPSA) is 91.7 Å². The Hall–Kier alpha value is -0.920. The van der Waals surface area contributed by atoms with Crippen molar-refractivity contribution < 1.29 is 22.9 Å². The molecule has 1 aromatic carbocycles. The van der Waals surface area contributed by atoms with E-state index in [9.17, 15) is 13.2 Å². The van der Waals surface area contributed by atoms with Crippen LogP contribution in [0.15, 0.2) is 48.4 Å². The van der Waals surface area contributed by atoms with E-state index in [0.717, 1.165) is 0 Å². The van der Waals surface area contributed by atoms with Gasteiger partial charge in [-0.2, -0.15) is 8.42 Å². The fraction of sp³-hybridized carbons (Fsp3) is 0.0833. The first kappa shape index (κ1) is 20.4. The molecule has 0 radical (unpaired) electrons. The summed E-state index contributed by atoms with van der Waals surface area (Å²) in [4.78, 5) is 9.42. The van der Waals surface area contributed by atoms with Gasteiger partial charge in [-0.05, 0) is 11.6 Å². The molecule has 0 atom stereocenters. The van der Waals surface area contributed by atoms with Gasteiger partial charge in [-0.15, -0.1) is 6.58 Å². The quantitative estimate of drug-likeness (QED) is 0.499. The van der Waals surface area contributed by atoms with Crippen molar-refractivity contribution in [2.45, 2.75) is 11.3 Å². The van der Waals surface area contributed by atoms with E-state index in [2.05, 4.69) is 13.2 Å². The number of carboxylic acid groups (broad SMARTS) is 1. The summed E-state index contributed by atoms with van der Waals surface area (Å²) in [6.45, 7) is 6.65. The van der Waals surface area contributed by atoms with Crippen LogP contribution in [0.25, 0.3) is 6.08 Å². The molecule has 2 N–H and O–H groups in total. The minimum absolute atomic E-state index is 0. The molecule has 0 saturated carbocycles. The molecule has 0 unspecified atom stereocenters. The van der Waals surface area contributed by atoms with Crippen molar-refractivity contribution >= 4 is 51.7 Å². The molecule has 0 fully saturated rings. The van der Waals surface area contributed by atoms with Crippen LogP contribution in [0.3, 0.4) is 0 Å². The monoisotopic (exact) mass is 294 g/mol. The van der Waals surface area contributed by atoms with E-state index < -0.39 is 16.1 Å². The number of aliphatic carboxylic acids is 1. The van der Waals surface area contributed by atoms with E-state index in [1.165, 1.54) is 24.3 Å². The first-order chi connectivity index (χ1) is 8.32. The van der Waals surface area contributed by atoms with E-state index >= 15 is 0 Å². The van der Waals surface area contributed by atoms with Crippen LogP contribution in [0.2, 0.25) is 0 Å². The van der Waals surface area contributed by atoms with Gasteiger partial charge in [-0.3, -0.25) is 9.35 Å². The molecular formula is C12H15NaO5S. The van der Waals surface area contributed by atoms with Gasteiger partial charge >= 0.3 is 35.5 Å². The third kappa shape index (κ3) is 8.74.